The van der Waals surface area contributed by atoms with Crippen LogP contribution < -0.4 is 15.9 Å². The molecule has 0 aliphatic heterocycles. The lowest BCUT2D eigenvalue weighted by Gasteiger charge is -2.10. The Balaban J connectivity index is 2.29. The molecule has 5 rings (SSSR count). The van der Waals surface area contributed by atoms with Gasteiger partial charge in [-0.2, -0.15) is 8.92 Å². The van der Waals surface area contributed by atoms with Crippen LogP contribution in [-0.4, -0.2) is 20.0 Å². The molecule has 124 valence electrons. The summed E-state index contributed by atoms with van der Waals surface area (Å²) in [6.45, 7) is 3.82. The predicted molar refractivity (Wildman–Crippen MR) is 94.3 cm³/mol. The third kappa shape index (κ3) is 1.42. The zero-order valence-electron chi connectivity index (χ0n) is 13.7. The molecule has 0 fully saturated rings. The fourth-order valence-electron chi connectivity index (χ4n) is 3.96. The molecule has 25 heavy (non-hydrogen) atoms. The molecule has 0 aliphatic rings. The van der Waals surface area contributed by atoms with Crippen LogP contribution in [0.5, 0.6) is 5.75 Å². The van der Waals surface area contributed by atoms with Crippen LogP contribution >= 0.6 is 0 Å². The van der Waals surface area contributed by atoms with Gasteiger partial charge in [-0.05, 0) is 43.7 Å². The molecule has 0 unspecified atom stereocenters. The summed E-state index contributed by atoms with van der Waals surface area (Å²) in [4.78, 5) is 12.1. The van der Waals surface area contributed by atoms with Crippen LogP contribution in [0.1, 0.15) is 21.5 Å². The van der Waals surface area contributed by atoms with E-state index in [4.69, 9.17) is 11.5 Å². The summed E-state index contributed by atoms with van der Waals surface area (Å²) >= 11 is 0. The summed E-state index contributed by atoms with van der Waals surface area (Å²) in [5.74, 6) is -0.117. The summed E-state index contributed by atoms with van der Waals surface area (Å²) in [6, 6.07) is 7.45. The number of anilines is 1. The van der Waals surface area contributed by atoms with Crippen molar-refractivity contribution < 1.29 is 14.3 Å². The number of hydrogen-bond acceptors (Lipinski definition) is 3. The SMILES string of the molecule is Cc1cc2c(C(N)=O)c(N)[n+]3c4c(C)c(O)ccc4n4ccc1n4c23. The third-order valence-electron chi connectivity index (χ3n) is 5.10. The highest BCUT2D eigenvalue weighted by Gasteiger charge is 2.30. The van der Waals surface area contributed by atoms with Gasteiger partial charge in [-0.1, -0.05) is 0 Å². The van der Waals surface area contributed by atoms with E-state index in [9.17, 15) is 9.90 Å². The number of nitrogen functional groups attached to an aromatic ring is 1. The molecular weight excluding hydrogens is 318 g/mol. The van der Waals surface area contributed by atoms with Gasteiger partial charge >= 0.3 is 0 Å². The van der Waals surface area contributed by atoms with Crippen LogP contribution in [0, 0.1) is 13.8 Å². The van der Waals surface area contributed by atoms with Gasteiger partial charge in [0, 0.05) is 11.8 Å². The summed E-state index contributed by atoms with van der Waals surface area (Å²) in [5, 5.41) is 10.9. The Morgan fingerprint density at radius 2 is 1.96 bits per heavy atom. The van der Waals surface area contributed by atoms with Crippen molar-refractivity contribution in [2.45, 2.75) is 13.8 Å². The molecule has 5 aromatic rings. The van der Waals surface area contributed by atoms with Crippen molar-refractivity contribution in [3.8, 4) is 5.75 Å². The molecule has 4 aromatic heterocycles. The lowest BCUT2D eigenvalue weighted by molar-refractivity contribution is -0.465. The number of aryl methyl sites for hydroxylation is 2. The number of rotatable bonds is 1. The fraction of sp³-hybridized carbons (Fsp3) is 0.111. The molecule has 4 heterocycles. The molecule has 5 N–H and O–H groups in total. The second-order valence-corrected chi connectivity index (χ2v) is 6.46. The number of hydrogen-bond donors (Lipinski definition) is 3. The summed E-state index contributed by atoms with van der Waals surface area (Å²) in [6.07, 6.45) is 1.97. The average Bonchev–Trinajstić information content (AvgIpc) is 3.11. The maximum absolute atomic E-state index is 12.1. The number of phenolic OH excluding ortho intramolecular Hbond substituents is 1. The number of aromatic nitrogens is 3. The Labute approximate surface area is 141 Å². The van der Waals surface area contributed by atoms with Gasteiger partial charge in [-0.15, -0.1) is 0 Å². The molecule has 0 saturated heterocycles. The van der Waals surface area contributed by atoms with E-state index in [1.165, 1.54) is 0 Å². The molecule has 7 heteroatoms. The number of primary amides is 1. The molecule has 0 radical (unpaired) electrons. The largest absolute Gasteiger partial charge is 0.508 e. The second kappa shape index (κ2) is 4.13. The van der Waals surface area contributed by atoms with Gasteiger partial charge in [-0.25, -0.2) is 4.52 Å². The number of nitrogens with two attached hydrogens (primary N) is 2. The van der Waals surface area contributed by atoms with Crippen LogP contribution in [0.15, 0.2) is 30.5 Å². The first-order valence-electron chi connectivity index (χ1n) is 7.91. The van der Waals surface area contributed by atoms with E-state index in [2.05, 4.69) is 0 Å². The summed E-state index contributed by atoms with van der Waals surface area (Å²) in [7, 11) is 0. The van der Waals surface area contributed by atoms with E-state index < -0.39 is 5.91 Å². The van der Waals surface area contributed by atoms with Crippen LogP contribution in [0.4, 0.5) is 5.82 Å². The highest BCUT2D eigenvalue weighted by atomic mass is 16.3. The van der Waals surface area contributed by atoms with E-state index in [-0.39, 0.29) is 11.6 Å². The highest BCUT2D eigenvalue weighted by Crippen LogP contribution is 2.32. The average molecular weight is 334 g/mol. The minimum atomic E-state index is -0.569. The zero-order chi connectivity index (χ0) is 17.6. The van der Waals surface area contributed by atoms with Crippen molar-refractivity contribution in [3.05, 3.63) is 47.2 Å². The molecule has 0 saturated carbocycles. The van der Waals surface area contributed by atoms with Crippen molar-refractivity contribution in [1.82, 2.24) is 9.03 Å². The molecular formula is C18H16N5O2+. The summed E-state index contributed by atoms with van der Waals surface area (Å²) < 4.78 is 5.83. The lowest BCUT2D eigenvalue weighted by Crippen LogP contribution is -2.30. The van der Waals surface area contributed by atoms with Gasteiger partial charge in [0.25, 0.3) is 11.6 Å². The Kier molecular flexibility index (Phi) is 2.30. The van der Waals surface area contributed by atoms with E-state index >= 15 is 0 Å². The van der Waals surface area contributed by atoms with Gasteiger partial charge in [0.15, 0.2) is 0 Å². The number of amides is 1. The van der Waals surface area contributed by atoms with Gasteiger partial charge in [-0.3, -0.25) is 4.79 Å². The second-order valence-electron chi connectivity index (χ2n) is 6.46. The maximum atomic E-state index is 12.1. The number of carbonyl (C=O) groups excluding carboxylic acids is 1. The van der Waals surface area contributed by atoms with Gasteiger partial charge < -0.3 is 16.6 Å². The third-order valence-corrected chi connectivity index (χ3v) is 5.10. The van der Waals surface area contributed by atoms with Crippen LogP contribution in [0.2, 0.25) is 0 Å². The normalized spacial score (nSPS) is 12.2. The van der Waals surface area contributed by atoms with Crippen LogP contribution in [-0.2, 0) is 0 Å². The fourth-order valence-corrected chi connectivity index (χ4v) is 3.96. The quantitative estimate of drug-likeness (QED) is 0.320. The van der Waals surface area contributed by atoms with Gasteiger partial charge in [0.2, 0.25) is 5.82 Å². The van der Waals surface area contributed by atoms with Gasteiger partial charge in [0.05, 0.1) is 5.39 Å². The summed E-state index contributed by atoms with van der Waals surface area (Å²) in [5.41, 5.74) is 17.4. The number of pyridine rings is 1. The van der Waals surface area contributed by atoms with Crippen molar-refractivity contribution in [1.29, 1.82) is 0 Å². The topological polar surface area (TPSA) is 102 Å². The van der Waals surface area contributed by atoms with Gasteiger partial charge in [0.1, 0.15) is 27.9 Å². The van der Waals surface area contributed by atoms with Crippen molar-refractivity contribution in [3.63, 3.8) is 0 Å². The smallest absolute Gasteiger partial charge is 0.265 e. The number of carbonyl (C=O) groups is 1. The first-order chi connectivity index (χ1) is 11.9. The molecule has 0 aliphatic carbocycles. The predicted octanol–water partition coefficient (Wildman–Crippen LogP) is 1.53. The molecule has 0 spiro atoms. The van der Waals surface area contributed by atoms with E-state index in [0.717, 1.165) is 27.8 Å². The minimum Gasteiger partial charge on any atom is -0.508 e. The first-order valence-corrected chi connectivity index (χ1v) is 7.91. The molecule has 1 amide bonds. The minimum absolute atomic E-state index is 0.171. The Hall–Kier alpha value is -3.48. The monoisotopic (exact) mass is 334 g/mol. The zero-order valence-corrected chi connectivity index (χ0v) is 13.7. The lowest BCUT2D eigenvalue weighted by atomic mass is 10.1. The Morgan fingerprint density at radius 3 is 2.68 bits per heavy atom. The molecule has 7 nitrogen and oxygen atoms in total. The maximum Gasteiger partial charge on any atom is 0.265 e. The van der Waals surface area contributed by atoms with Crippen molar-refractivity contribution in [2.24, 2.45) is 5.73 Å². The molecule has 1 aromatic carbocycles. The number of fused-ring (bicyclic) bond motifs is 3. The number of nitrogens with zero attached hydrogens (tertiary/aromatic N) is 3. The highest BCUT2D eigenvalue weighted by molar-refractivity contribution is 6.09. The van der Waals surface area contributed by atoms with Crippen LogP contribution in [0.3, 0.4) is 0 Å². The number of phenols is 1. The standard InChI is InChI=1S/C18H15N5O2/c1-8-7-10-14(17(20)25)16(19)22-15-9(2)13(24)4-3-12(15)21-6-5-11(8)23(21)18(10)22/h3-7H,1-2H3,(H4-,19,20,24,25)/p+1. The van der Waals surface area contributed by atoms with E-state index in [0.29, 0.717) is 16.5 Å². The molecule has 0 bridgehead atoms. The Bertz CT molecular complexity index is 1360. The van der Waals surface area contributed by atoms with E-state index in [1.807, 2.05) is 51.7 Å². The molecule has 0 atom stereocenters. The van der Waals surface area contributed by atoms with E-state index in [1.54, 1.807) is 6.07 Å². The first kappa shape index (κ1) is 13.9. The number of aromatic hydroxyl groups is 1. The van der Waals surface area contributed by atoms with Crippen LogP contribution in [0.25, 0.3) is 27.6 Å². The Morgan fingerprint density at radius 1 is 1.20 bits per heavy atom. The number of benzene rings is 1. The van der Waals surface area contributed by atoms with Crippen molar-refractivity contribution >= 4 is 39.3 Å². The van der Waals surface area contributed by atoms with Crippen molar-refractivity contribution in [2.75, 3.05) is 5.73 Å².